The molecule has 1 aromatic carbocycles. The van der Waals surface area contributed by atoms with E-state index >= 15 is 0 Å². The van der Waals surface area contributed by atoms with Crippen molar-refractivity contribution < 1.29 is 13.2 Å². The Balaban J connectivity index is 1.73. The van der Waals surface area contributed by atoms with Gasteiger partial charge in [0.2, 0.25) is 15.9 Å². The van der Waals surface area contributed by atoms with Gasteiger partial charge in [-0.2, -0.15) is 0 Å². The molecule has 0 radical (unpaired) electrons. The standard InChI is InChI=1S/C17H20N6O3S3/c1-12(15(24)19-16-18-9-10-27-16)28-17-21-20-14(22(17)2)11-23(29(3,25)26)13-7-5-4-6-8-13/h4-10,12H,11H2,1-3H3,(H,18,19,24)/t12-/m1/s1. The van der Waals surface area contributed by atoms with Gasteiger partial charge < -0.3 is 9.88 Å². The number of hydrogen-bond acceptors (Lipinski definition) is 8. The Hall–Kier alpha value is -2.44. The van der Waals surface area contributed by atoms with Gasteiger partial charge in [-0.15, -0.1) is 21.5 Å². The predicted molar refractivity (Wildman–Crippen MR) is 115 cm³/mol. The van der Waals surface area contributed by atoms with Gasteiger partial charge in [-0.25, -0.2) is 13.4 Å². The molecule has 0 fully saturated rings. The van der Waals surface area contributed by atoms with E-state index in [1.807, 2.05) is 6.07 Å². The van der Waals surface area contributed by atoms with Gasteiger partial charge in [-0.3, -0.25) is 9.10 Å². The van der Waals surface area contributed by atoms with E-state index in [9.17, 15) is 13.2 Å². The first-order chi connectivity index (χ1) is 13.8. The number of amides is 1. The Bertz CT molecular complexity index is 1070. The van der Waals surface area contributed by atoms with Crippen molar-refractivity contribution in [3.05, 3.63) is 47.7 Å². The second-order valence-corrected chi connectivity index (χ2v) is 10.3. The second-order valence-electron chi connectivity index (χ2n) is 6.15. The van der Waals surface area contributed by atoms with E-state index in [1.54, 1.807) is 54.4 Å². The number of sulfonamides is 1. The van der Waals surface area contributed by atoms with Crippen molar-refractivity contribution in [3.8, 4) is 0 Å². The van der Waals surface area contributed by atoms with Gasteiger partial charge in [-0.05, 0) is 19.1 Å². The van der Waals surface area contributed by atoms with Crippen molar-refractivity contribution in [2.75, 3.05) is 15.9 Å². The molecule has 9 nitrogen and oxygen atoms in total. The number of thioether (sulfide) groups is 1. The van der Waals surface area contributed by atoms with Gasteiger partial charge >= 0.3 is 0 Å². The molecule has 0 saturated heterocycles. The summed E-state index contributed by atoms with van der Waals surface area (Å²) in [4.78, 5) is 16.4. The summed E-state index contributed by atoms with van der Waals surface area (Å²) in [6.07, 6.45) is 2.77. The summed E-state index contributed by atoms with van der Waals surface area (Å²) in [7, 11) is -1.77. The van der Waals surface area contributed by atoms with Crippen LogP contribution in [0.3, 0.4) is 0 Å². The molecule has 29 heavy (non-hydrogen) atoms. The average Bonchev–Trinajstić information content (AvgIpc) is 3.30. The van der Waals surface area contributed by atoms with Crippen molar-refractivity contribution in [1.82, 2.24) is 19.7 Å². The lowest BCUT2D eigenvalue weighted by Gasteiger charge is -2.21. The van der Waals surface area contributed by atoms with Crippen molar-refractivity contribution >= 4 is 49.8 Å². The van der Waals surface area contributed by atoms with E-state index in [0.29, 0.717) is 21.8 Å². The third-order valence-electron chi connectivity index (χ3n) is 3.97. The molecular weight excluding hydrogens is 432 g/mol. The first kappa shape index (κ1) is 21.3. The molecular formula is C17H20N6O3S3. The maximum Gasteiger partial charge on any atom is 0.239 e. The number of nitrogens with one attached hydrogen (secondary N) is 1. The third-order valence-corrected chi connectivity index (χ3v) is 6.93. The van der Waals surface area contributed by atoms with E-state index in [0.717, 1.165) is 6.26 Å². The fourth-order valence-corrected chi connectivity index (χ4v) is 4.63. The highest BCUT2D eigenvalue weighted by Crippen LogP contribution is 2.25. The minimum absolute atomic E-state index is 0.0343. The van der Waals surface area contributed by atoms with E-state index in [-0.39, 0.29) is 12.5 Å². The number of benzene rings is 1. The smallest absolute Gasteiger partial charge is 0.239 e. The SMILES string of the molecule is C[C@@H](Sc1nnc(CN(c2ccccc2)S(C)(=O)=O)n1C)C(=O)Nc1nccs1. The number of hydrogen-bond donors (Lipinski definition) is 1. The highest BCUT2D eigenvalue weighted by Gasteiger charge is 2.23. The fourth-order valence-electron chi connectivity index (χ4n) is 2.41. The highest BCUT2D eigenvalue weighted by atomic mass is 32.2. The Morgan fingerprint density at radius 2 is 2.03 bits per heavy atom. The molecule has 0 bridgehead atoms. The Morgan fingerprint density at radius 3 is 2.66 bits per heavy atom. The number of carbonyl (C=O) groups is 1. The molecule has 12 heteroatoms. The predicted octanol–water partition coefficient (Wildman–Crippen LogP) is 2.36. The molecule has 0 aliphatic carbocycles. The maximum absolute atomic E-state index is 12.3. The van der Waals surface area contributed by atoms with E-state index < -0.39 is 15.3 Å². The van der Waals surface area contributed by atoms with Crippen molar-refractivity contribution in [2.45, 2.75) is 23.9 Å². The van der Waals surface area contributed by atoms with Gasteiger partial charge in [0, 0.05) is 18.6 Å². The zero-order valence-corrected chi connectivity index (χ0v) is 18.5. The summed E-state index contributed by atoms with van der Waals surface area (Å²) in [5.41, 5.74) is 0.545. The summed E-state index contributed by atoms with van der Waals surface area (Å²) in [5, 5.41) is 13.4. The van der Waals surface area contributed by atoms with Crippen LogP contribution < -0.4 is 9.62 Å². The molecule has 1 N–H and O–H groups in total. The molecule has 1 atom stereocenters. The number of aromatic nitrogens is 4. The Labute approximate surface area is 177 Å². The van der Waals surface area contributed by atoms with Crippen molar-refractivity contribution in [3.63, 3.8) is 0 Å². The molecule has 1 amide bonds. The highest BCUT2D eigenvalue weighted by molar-refractivity contribution is 8.00. The largest absolute Gasteiger partial charge is 0.308 e. The number of rotatable bonds is 8. The molecule has 0 saturated carbocycles. The van der Waals surface area contributed by atoms with Crippen LogP contribution in [0.5, 0.6) is 0 Å². The monoisotopic (exact) mass is 452 g/mol. The summed E-state index contributed by atoms with van der Waals surface area (Å²) in [6.45, 7) is 1.79. The van der Waals surface area contributed by atoms with Gasteiger partial charge in [0.25, 0.3) is 0 Å². The normalized spacial score (nSPS) is 12.5. The first-order valence-corrected chi connectivity index (χ1v) is 12.1. The number of carbonyl (C=O) groups excluding carboxylic acids is 1. The van der Waals surface area contributed by atoms with E-state index in [4.69, 9.17) is 0 Å². The number of para-hydroxylation sites is 1. The number of nitrogens with zero attached hydrogens (tertiary/aromatic N) is 5. The molecule has 0 aliphatic rings. The fraction of sp³-hybridized carbons (Fsp3) is 0.294. The minimum atomic E-state index is -3.51. The molecule has 154 valence electrons. The van der Waals surface area contributed by atoms with Crippen LogP contribution in [0.25, 0.3) is 0 Å². The van der Waals surface area contributed by atoms with Gasteiger partial charge in [0.15, 0.2) is 16.1 Å². The van der Waals surface area contributed by atoms with Crippen LogP contribution in [0.15, 0.2) is 47.1 Å². The minimum Gasteiger partial charge on any atom is -0.308 e. The molecule has 3 rings (SSSR count). The lowest BCUT2D eigenvalue weighted by atomic mass is 10.3. The zero-order chi connectivity index (χ0) is 21.0. The van der Waals surface area contributed by atoms with Crippen LogP contribution in [0.2, 0.25) is 0 Å². The van der Waals surface area contributed by atoms with Crippen LogP contribution in [-0.2, 0) is 28.4 Å². The molecule has 2 aromatic heterocycles. The molecule has 0 unspecified atom stereocenters. The van der Waals surface area contributed by atoms with Crippen LogP contribution >= 0.6 is 23.1 Å². The Kier molecular flexibility index (Phi) is 6.55. The number of thiazole rings is 1. The van der Waals surface area contributed by atoms with Crippen molar-refractivity contribution in [1.29, 1.82) is 0 Å². The first-order valence-electron chi connectivity index (χ1n) is 8.53. The Morgan fingerprint density at radius 1 is 1.31 bits per heavy atom. The lowest BCUT2D eigenvalue weighted by molar-refractivity contribution is -0.115. The molecule has 3 aromatic rings. The van der Waals surface area contributed by atoms with E-state index in [1.165, 1.54) is 27.4 Å². The van der Waals surface area contributed by atoms with Gasteiger partial charge in [0.1, 0.15) is 0 Å². The van der Waals surface area contributed by atoms with Crippen LogP contribution in [-0.4, -0.2) is 45.6 Å². The summed E-state index contributed by atoms with van der Waals surface area (Å²) >= 11 is 2.58. The summed E-state index contributed by atoms with van der Waals surface area (Å²) in [6, 6.07) is 8.80. The average molecular weight is 453 g/mol. The third kappa shape index (κ3) is 5.34. The number of anilines is 2. The van der Waals surface area contributed by atoms with Crippen LogP contribution in [0.1, 0.15) is 12.7 Å². The summed E-state index contributed by atoms with van der Waals surface area (Å²) in [5.74, 6) is 0.269. The topological polar surface area (TPSA) is 110 Å². The lowest BCUT2D eigenvalue weighted by Crippen LogP contribution is -2.30. The summed E-state index contributed by atoms with van der Waals surface area (Å²) < 4.78 is 27.5. The van der Waals surface area contributed by atoms with Crippen LogP contribution in [0.4, 0.5) is 10.8 Å². The van der Waals surface area contributed by atoms with Gasteiger partial charge in [-0.1, -0.05) is 30.0 Å². The van der Waals surface area contributed by atoms with Crippen molar-refractivity contribution in [2.24, 2.45) is 7.05 Å². The van der Waals surface area contributed by atoms with Crippen LogP contribution in [0, 0.1) is 0 Å². The van der Waals surface area contributed by atoms with Gasteiger partial charge in [0.05, 0.1) is 23.7 Å². The zero-order valence-electron chi connectivity index (χ0n) is 16.0. The molecule has 0 spiro atoms. The molecule has 2 heterocycles. The molecule has 0 aliphatic heterocycles. The quantitative estimate of drug-likeness (QED) is 0.522. The second kappa shape index (κ2) is 8.93. The van der Waals surface area contributed by atoms with E-state index in [2.05, 4.69) is 20.5 Å². The maximum atomic E-state index is 12.3.